The highest BCUT2D eigenvalue weighted by Crippen LogP contribution is 2.25. The van der Waals surface area contributed by atoms with Gasteiger partial charge in [-0.2, -0.15) is 0 Å². The molecule has 3 nitrogen and oxygen atoms in total. The maximum Gasteiger partial charge on any atom is 0.189 e. The summed E-state index contributed by atoms with van der Waals surface area (Å²) in [5.74, 6) is 1.11. The molecule has 1 unspecified atom stereocenters. The van der Waals surface area contributed by atoms with Gasteiger partial charge in [-0.05, 0) is 24.0 Å². The van der Waals surface area contributed by atoms with Crippen molar-refractivity contribution in [2.75, 3.05) is 6.54 Å². The number of hydrogen-bond donors (Lipinski definition) is 2. The maximum atomic E-state index is 5.66. The zero-order chi connectivity index (χ0) is 11.8. The fourth-order valence-corrected chi connectivity index (χ4v) is 2.00. The van der Waals surface area contributed by atoms with E-state index in [4.69, 9.17) is 5.73 Å². The fraction of sp³-hybridized carbons (Fsp3) is 0.462. The van der Waals surface area contributed by atoms with E-state index in [2.05, 4.69) is 55.3 Å². The molecule has 1 heterocycles. The van der Waals surface area contributed by atoms with E-state index in [1.54, 1.807) is 0 Å². The predicted molar refractivity (Wildman–Crippen MR) is 67.5 cm³/mol. The minimum atomic E-state index is -0.139. The van der Waals surface area contributed by atoms with Crippen LogP contribution >= 0.6 is 0 Å². The van der Waals surface area contributed by atoms with Crippen LogP contribution in [0.4, 0.5) is 0 Å². The second-order valence-electron chi connectivity index (χ2n) is 4.94. The number of benzene rings is 1. The van der Waals surface area contributed by atoms with Crippen molar-refractivity contribution in [2.24, 2.45) is 10.7 Å². The third-order valence-electron chi connectivity index (χ3n) is 3.18. The van der Waals surface area contributed by atoms with Crippen LogP contribution < -0.4 is 11.1 Å². The van der Waals surface area contributed by atoms with Gasteiger partial charge in [0.1, 0.15) is 0 Å². The minimum Gasteiger partial charge on any atom is -0.370 e. The molecule has 0 saturated carbocycles. The average Bonchev–Trinajstić information content (AvgIpc) is 2.60. The van der Waals surface area contributed by atoms with Gasteiger partial charge in [-0.1, -0.05) is 38.1 Å². The van der Waals surface area contributed by atoms with Crippen LogP contribution in [0.5, 0.6) is 0 Å². The van der Waals surface area contributed by atoms with Crippen molar-refractivity contribution in [1.29, 1.82) is 0 Å². The molecule has 3 N–H and O–H groups in total. The van der Waals surface area contributed by atoms with Crippen molar-refractivity contribution < 1.29 is 0 Å². The Hall–Kier alpha value is -1.51. The highest BCUT2D eigenvalue weighted by molar-refractivity contribution is 5.81. The van der Waals surface area contributed by atoms with Crippen molar-refractivity contribution in [3.05, 3.63) is 35.4 Å². The van der Waals surface area contributed by atoms with Gasteiger partial charge in [0.2, 0.25) is 0 Å². The Morgan fingerprint density at radius 2 is 1.94 bits per heavy atom. The average molecular weight is 217 g/mol. The lowest BCUT2D eigenvalue weighted by atomic mass is 9.91. The van der Waals surface area contributed by atoms with Gasteiger partial charge in [0.25, 0.3) is 0 Å². The summed E-state index contributed by atoms with van der Waals surface area (Å²) < 4.78 is 0. The molecule has 0 bridgehead atoms. The molecule has 0 radical (unpaired) electrons. The van der Waals surface area contributed by atoms with E-state index in [9.17, 15) is 0 Å². The van der Waals surface area contributed by atoms with Gasteiger partial charge in [-0.15, -0.1) is 0 Å². The van der Waals surface area contributed by atoms with E-state index in [0.717, 1.165) is 0 Å². The van der Waals surface area contributed by atoms with Crippen molar-refractivity contribution in [3.8, 4) is 0 Å². The first kappa shape index (κ1) is 11.0. The third kappa shape index (κ3) is 1.90. The van der Waals surface area contributed by atoms with Crippen molar-refractivity contribution in [1.82, 2.24) is 5.32 Å². The zero-order valence-electron chi connectivity index (χ0n) is 10.1. The molecular weight excluding hydrogens is 198 g/mol. The number of nitrogens with two attached hydrogens (primary N) is 1. The Balaban J connectivity index is 2.22. The molecule has 1 aromatic carbocycles. The Morgan fingerprint density at radius 1 is 1.31 bits per heavy atom. The van der Waals surface area contributed by atoms with E-state index < -0.39 is 0 Å². The largest absolute Gasteiger partial charge is 0.370 e. The summed E-state index contributed by atoms with van der Waals surface area (Å²) in [4.78, 5) is 4.21. The standard InChI is InChI=1S/C13H19N3/c1-9(2)10-4-6-11(7-5-10)13(3)8-15-12(14)16-13/h4-7,9H,8H2,1-3H3,(H3,14,15,16). The SMILES string of the molecule is CC(C)c1ccc(C2(C)CN=C(N)N2)cc1. The number of hydrogen-bond acceptors (Lipinski definition) is 3. The number of guanidine groups is 1. The first-order valence-electron chi connectivity index (χ1n) is 5.70. The molecule has 16 heavy (non-hydrogen) atoms. The summed E-state index contributed by atoms with van der Waals surface area (Å²) in [6, 6.07) is 8.69. The van der Waals surface area contributed by atoms with Crippen LogP contribution in [0.1, 0.15) is 37.8 Å². The van der Waals surface area contributed by atoms with E-state index in [-0.39, 0.29) is 5.54 Å². The molecule has 1 atom stereocenters. The van der Waals surface area contributed by atoms with Crippen molar-refractivity contribution in [3.63, 3.8) is 0 Å². The maximum absolute atomic E-state index is 5.66. The second-order valence-corrected chi connectivity index (χ2v) is 4.94. The summed E-state index contributed by atoms with van der Waals surface area (Å²) in [7, 11) is 0. The van der Waals surface area contributed by atoms with E-state index >= 15 is 0 Å². The Morgan fingerprint density at radius 3 is 2.38 bits per heavy atom. The van der Waals surface area contributed by atoms with Gasteiger partial charge in [0, 0.05) is 0 Å². The molecule has 0 spiro atoms. The zero-order valence-corrected chi connectivity index (χ0v) is 10.1. The first-order chi connectivity index (χ1) is 7.51. The molecule has 1 aliphatic rings. The van der Waals surface area contributed by atoms with Crippen LogP contribution in [0, 0.1) is 0 Å². The predicted octanol–water partition coefficient (Wildman–Crippen LogP) is 1.94. The topological polar surface area (TPSA) is 50.4 Å². The Bertz CT molecular complexity index is 406. The van der Waals surface area contributed by atoms with Gasteiger partial charge >= 0.3 is 0 Å². The monoisotopic (exact) mass is 217 g/mol. The molecule has 86 valence electrons. The Kier molecular flexibility index (Phi) is 2.62. The molecule has 0 amide bonds. The van der Waals surface area contributed by atoms with E-state index in [0.29, 0.717) is 18.4 Å². The first-order valence-corrected chi connectivity index (χ1v) is 5.70. The van der Waals surface area contributed by atoms with Crippen LogP contribution in [0.3, 0.4) is 0 Å². The van der Waals surface area contributed by atoms with Crippen LogP contribution in [-0.2, 0) is 5.54 Å². The lowest BCUT2D eigenvalue weighted by molar-refractivity contribution is 0.479. The lowest BCUT2D eigenvalue weighted by Gasteiger charge is -2.25. The number of nitrogens with zero attached hydrogens (tertiary/aromatic N) is 1. The summed E-state index contributed by atoms with van der Waals surface area (Å²) in [5.41, 5.74) is 8.12. The molecule has 0 saturated heterocycles. The molecule has 1 aromatic rings. The molecule has 3 heteroatoms. The van der Waals surface area contributed by atoms with Crippen molar-refractivity contribution >= 4 is 5.96 Å². The summed E-state index contributed by atoms with van der Waals surface area (Å²) in [6.45, 7) is 7.23. The Labute approximate surface area is 96.8 Å². The van der Waals surface area contributed by atoms with Crippen LogP contribution in [0.15, 0.2) is 29.3 Å². The van der Waals surface area contributed by atoms with Gasteiger partial charge in [-0.25, -0.2) is 0 Å². The quantitative estimate of drug-likeness (QED) is 0.795. The third-order valence-corrected chi connectivity index (χ3v) is 3.18. The van der Waals surface area contributed by atoms with Gasteiger partial charge in [0.05, 0.1) is 12.1 Å². The van der Waals surface area contributed by atoms with Crippen LogP contribution in [0.2, 0.25) is 0 Å². The number of nitrogens with one attached hydrogen (secondary N) is 1. The normalized spacial score (nSPS) is 24.4. The molecular formula is C13H19N3. The molecule has 0 aromatic heterocycles. The van der Waals surface area contributed by atoms with Crippen LogP contribution in [-0.4, -0.2) is 12.5 Å². The highest BCUT2D eigenvalue weighted by Gasteiger charge is 2.31. The van der Waals surface area contributed by atoms with Gasteiger partial charge < -0.3 is 11.1 Å². The molecule has 2 rings (SSSR count). The highest BCUT2D eigenvalue weighted by atomic mass is 15.2. The number of rotatable bonds is 2. The minimum absolute atomic E-state index is 0.139. The van der Waals surface area contributed by atoms with Crippen LogP contribution in [0.25, 0.3) is 0 Å². The molecule has 0 fully saturated rings. The molecule has 0 aliphatic carbocycles. The van der Waals surface area contributed by atoms with Gasteiger partial charge in [0.15, 0.2) is 5.96 Å². The summed E-state index contributed by atoms with van der Waals surface area (Å²) >= 11 is 0. The molecule has 1 aliphatic heterocycles. The summed E-state index contributed by atoms with van der Waals surface area (Å²) in [5, 5.41) is 3.22. The van der Waals surface area contributed by atoms with Gasteiger partial charge in [-0.3, -0.25) is 4.99 Å². The summed E-state index contributed by atoms with van der Waals surface area (Å²) in [6.07, 6.45) is 0. The fourth-order valence-electron chi connectivity index (χ4n) is 2.00. The van der Waals surface area contributed by atoms with E-state index in [1.807, 2.05) is 0 Å². The smallest absolute Gasteiger partial charge is 0.189 e. The lowest BCUT2D eigenvalue weighted by Crippen LogP contribution is -2.42. The second kappa shape index (κ2) is 3.81. The van der Waals surface area contributed by atoms with Crippen molar-refractivity contribution in [2.45, 2.75) is 32.2 Å². The number of aliphatic imine (C=N–C) groups is 1. The van der Waals surface area contributed by atoms with E-state index in [1.165, 1.54) is 11.1 Å².